The molecule has 0 radical (unpaired) electrons. The molecule has 1 atom stereocenters. The van der Waals surface area contributed by atoms with Gasteiger partial charge in [0, 0.05) is 6.42 Å². The van der Waals surface area contributed by atoms with Gasteiger partial charge in [0.15, 0.2) is 0 Å². The minimum atomic E-state index is -4.46. The number of hydrogen-bond donors (Lipinski definition) is 2. The topological polar surface area (TPSA) is 72.2 Å². The summed E-state index contributed by atoms with van der Waals surface area (Å²) in [5.74, 6) is -1.22. The Labute approximate surface area is 184 Å². The molecule has 3 rings (SSSR count). The molecule has 0 spiro atoms. The maximum atomic E-state index is 13.5. The summed E-state index contributed by atoms with van der Waals surface area (Å²) in [5, 5.41) is 2.71. The number of primary amides is 1. The van der Waals surface area contributed by atoms with E-state index in [1.807, 2.05) is 60.7 Å². The van der Waals surface area contributed by atoms with Gasteiger partial charge in [0.2, 0.25) is 11.8 Å². The number of nitrogens with one attached hydrogen (secondary N) is 1. The second kappa shape index (κ2) is 9.26. The van der Waals surface area contributed by atoms with Crippen LogP contribution in [0.25, 0.3) is 0 Å². The summed E-state index contributed by atoms with van der Waals surface area (Å²) in [5.41, 5.74) is 5.51. The number of halogens is 3. The van der Waals surface area contributed by atoms with Crippen molar-refractivity contribution in [3.8, 4) is 0 Å². The lowest BCUT2D eigenvalue weighted by molar-refractivity contribution is -0.137. The molecule has 0 saturated carbocycles. The van der Waals surface area contributed by atoms with Crippen LogP contribution in [0.1, 0.15) is 29.2 Å². The first-order valence-electron chi connectivity index (χ1n) is 10.00. The molecular formula is C25H23F3N2O2. The fraction of sp³-hybridized carbons (Fsp3) is 0.200. The zero-order valence-corrected chi connectivity index (χ0v) is 17.4. The molecule has 0 aliphatic heterocycles. The van der Waals surface area contributed by atoms with Crippen molar-refractivity contribution in [2.45, 2.75) is 31.0 Å². The maximum Gasteiger partial charge on any atom is 0.416 e. The lowest BCUT2D eigenvalue weighted by atomic mass is 9.75. The summed E-state index contributed by atoms with van der Waals surface area (Å²) in [6, 6.07) is 21.6. The van der Waals surface area contributed by atoms with Crippen LogP contribution in [0, 0.1) is 0 Å². The van der Waals surface area contributed by atoms with Gasteiger partial charge in [-0.15, -0.1) is 0 Å². The highest BCUT2D eigenvalue weighted by molar-refractivity contribution is 5.95. The number of alkyl halides is 3. The van der Waals surface area contributed by atoms with Crippen LogP contribution in [0.2, 0.25) is 0 Å². The van der Waals surface area contributed by atoms with Gasteiger partial charge in [-0.2, -0.15) is 13.2 Å². The zero-order valence-electron chi connectivity index (χ0n) is 17.4. The van der Waals surface area contributed by atoms with Gasteiger partial charge >= 0.3 is 6.18 Å². The third-order valence-electron chi connectivity index (χ3n) is 5.53. The molecule has 7 heteroatoms. The van der Waals surface area contributed by atoms with E-state index in [4.69, 9.17) is 5.73 Å². The van der Waals surface area contributed by atoms with Crippen LogP contribution in [0.3, 0.4) is 0 Å². The molecule has 3 aromatic rings. The highest BCUT2D eigenvalue weighted by Crippen LogP contribution is 2.33. The third-order valence-corrected chi connectivity index (χ3v) is 5.53. The Kier molecular flexibility index (Phi) is 6.67. The van der Waals surface area contributed by atoms with E-state index in [0.717, 1.165) is 23.3 Å². The van der Waals surface area contributed by atoms with E-state index in [2.05, 4.69) is 5.32 Å². The van der Waals surface area contributed by atoms with Gasteiger partial charge in [-0.25, -0.2) is 0 Å². The molecule has 0 bridgehead atoms. The van der Waals surface area contributed by atoms with Crippen molar-refractivity contribution in [3.63, 3.8) is 0 Å². The molecule has 166 valence electrons. The molecule has 4 nitrogen and oxygen atoms in total. The highest BCUT2D eigenvalue weighted by atomic mass is 19.4. The van der Waals surface area contributed by atoms with Crippen molar-refractivity contribution in [2.24, 2.45) is 5.73 Å². The lowest BCUT2D eigenvalue weighted by Crippen LogP contribution is -2.52. The fourth-order valence-electron chi connectivity index (χ4n) is 3.56. The van der Waals surface area contributed by atoms with Crippen LogP contribution in [-0.4, -0.2) is 17.9 Å². The Balaban J connectivity index is 1.88. The van der Waals surface area contributed by atoms with Crippen molar-refractivity contribution in [2.75, 3.05) is 0 Å². The minimum absolute atomic E-state index is 0.0289. The smallest absolute Gasteiger partial charge is 0.368 e. The molecule has 0 aromatic heterocycles. The molecule has 32 heavy (non-hydrogen) atoms. The van der Waals surface area contributed by atoms with E-state index in [0.29, 0.717) is 5.56 Å². The van der Waals surface area contributed by atoms with Crippen molar-refractivity contribution < 1.29 is 22.8 Å². The lowest BCUT2D eigenvalue weighted by Gasteiger charge is -2.31. The molecule has 0 saturated heterocycles. The van der Waals surface area contributed by atoms with E-state index < -0.39 is 35.0 Å². The number of amides is 2. The van der Waals surface area contributed by atoms with Gasteiger partial charge in [0.25, 0.3) is 0 Å². The van der Waals surface area contributed by atoms with Gasteiger partial charge in [0.1, 0.15) is 6.04 Å². The fourth-order valence-corrected chi connectivity index (χ4v) is 3.56. The van der Waals surface area contributed by atoms with Crippen LogP contribution in [-0.2, 0) is 27.6 Å². The van der Waals surface area contributed by atoms with Gasteiger partial charge in [-0.1, -0.05) is 72.8 Å². The standard InChI is InChI=1S/C25H23F3N2O2/c1-24(18-8-4-2-5-9-18,19-10-6-3-7-11-19)23(32)30-21(22(29)31)16-17-12-14-20(15-13-17)25(26,27)28/h2-15,21H,16H2,1H3,(H2,29,31)(H,30,32)/t21-/m1/s1. The van der Waals surface area contributed by atoms with Gasteiger partial charge in [-0.05, 0) is 35.7 Å². The second-order valence-electron chi connectivity index (χ2n) is 7.68. The molecule has 0 aliphatic rings. The number of carbonyl (C=O) groups excluding carboxylic acids is 2. The van der Waals surface area contributed by atoms with E-state index in [-0.39, 0.29) is 6.42 Å². The molecule has 2 amide bonds. The van der Waals surface area contributed by atoms with Crippen LogP contribution < -0.4 is 11.1 Å². The predicted molar refractivity (Wildman–Crippen MR) is 116 cm³/mol. The van der Waals surface area contributed by atoms with Crippen LogP contribution in [0.5, 0.6) is 0 Å². The molecule has 0 heterocycles. The van der Waals surface area contributed by atoms with Crippen molar-refractivity contribution >= 4 is 11.8 Å². The third kappa shape index (κ3) is 4.99. The summed E-state index contributed by atoms with van der Waals surface area (Å²) in [6.07, 6.45) is -4.48. The van der Waals surface area contributed by atoms with Crippen LogP contribution in [0.15, 0.2) is 84.9 Å². The Bertz CT molecular complexity index is 1030. The molecule has 3 aromatic carbocycles. The first kappa shape index (κ1) is 23.1. The SMILES string of the molecule is CC(C(=O)N[C@H](Cc1ccc(C(F)(F)F)cc1)C(N)=O)(c1ccccc1)c1ccccc1. The molecule has 3 N–H and O–H groups in total. The molecular weight excluding hydrogens is 417 g/mol. The van der Waals surface area contributed by atoms with E-state index in [9.17, 15) is 22.8 Å². The Morgan fingerprint density at radius 2 is 1.28 bits per heavy atom. The molecule has 0 aliphatic carbocycles. The van der Waals surface area contributed by atoms with E-state index in [1.165, 1.54) is 12.1 Å². The summed E-state index contributed by atoms with van der Waals surface area (Å²) < 4.78 is 38.4. The van der Waals surface area contributed by atoms with Gasteiger partial charge in [0.05, 0.1) is 11.0 Å². The van der Waals surface area contributed by atoms with Gasteiger partial charge in [-0.3, -0.25) is 9.59 Å². The number of benzene rings is 3. The van der Waals surface area contributed by atoms with Crippen LogP contribution in [0.4, 0.5) is 13.2 Å². The first-order valence-corrected chi connectivity index (χ1v) is 10.00. The summed E-state index contributed by atoms with van der Waals surface area (Å²) in [7, 11) is 0. The van der Waals surface area contributed by atoms with Gasteiger partial charge < -0.3 is 11.1 Å². The monoisotopic (exact) mass is 440 g/mol. The average Bonchev–Trinajstić information content (AvgIpc) is 2.78. The van der Waals surface area contributed by atoms with E-state index in [1.54, 1.807) is 6.92 Å². The predicted octanol–water partition coefficient (Wildman–Crippen LogP) is 4.22. The average molecular weight is 440 g/mol. The summed E-state index contributed by atoms with van der Waals surface area (Å²) in [6.45, 7) is 1.75. The molecule has 0 unspecified atom stereocenters. The second-order valence-corrected chi connectivity index (χ2v) is 7.68. The maximum absolute atomic E-state index is 13.5. The first-order chi connectivity index (χ1) is 15.1. The molecule has 0 fully saturated rings. The largest absolute Gasteiger partial charge is 0.416 e. The normalized spacial score (nSPS) is 12.8. The Morgan fingerprint density at radius 3 is 1.69 bits per heavy atom. The Morgan fingerprint density at radius 1 is 0.812 bits per heavy atom. The summed E-state index contributed by atoms with van der Waals surface area (Å²) in [4.78, 5) is 25.6. The Hall–Kier alpha value is -3.61. The van der Waals surface area contributed by atoms with E-state index >= 15 is 0 Å². The zero-order chi connectivity index (χ0) is 23.4. The number of hydrogen-bond acceptors (Lipinski definition) is 2. The van der Waals surface area contributed by atoms with Crippen molar-refractivity contribution in [1.82, 2.24) is 5.32 Å². The summed E-state index contributed by atoms with van der Waals surface area (Å²) >= 11 is 0. The highest BCUT2D eigenvalue weighted by Gasteiger charge is 2.38. The minimum Gasteiger partial charge on any atom is -0.368 e. The number of rotatable bonds is 7. The van der Waals surface area contributed by atoms with Crippen molar-refractivity contribution in [3.05, 3.63) is 107 Å². The van der Waals surface area contributed by atoms with Crippen LogP contribution >= 0.6 is 0 Å². The quantitative estimate of drug-likeness (QED) is 0.577. The number of nitrogens with two attached hydrogens (primary N) is 1. The van der Waals surface area contributed by atoms with Crippen molar-refractivity contribution in [1.29, 1.82) is 0 Å². The number of carbonyl (C=O) groups is 2.